The topological polar surface area (TPSA) is 15.3 Å². The summed E-state index contributed by atoms with van der Waals surface area (Å²) < 4.78 is 0. The summed E-state index contributed by atoms with van der Waals surface area (Å²) in [7, 11) is 0. The minimum Gasteiger partial charge on any atom is -0.313 e. The zero-order valence-electron chi connectivity index (χ0n) is 13.9. The molecule has 0 heterocycles. The molecule has 1 aliphatic rings. The van der Waals surface area contributed by atoms with Crippen LogP contribution in [0.15, 0.2) is 0 Å². The molecule has 2 heteroatoms. The molecule has 2 nitrogen and oxygen atoms in total. The van der Waals surface area contributed by atoms with Crippen molar-refractivity contribution in [2.75, 3.05) is 19.6 Å². The van der Waals surface area contributed by atoms with Crippen LogP contribution in [0, 0.1) is 11.8 Å². The highest BCUT2D eigenvalue weighted by Gasteiger charge is 2.31. The number of hydrogen-bond acceptors (Lipinski definition) is 2. The van der Waals surface area contributed by atoms with Gasteiger partial charge in [-0.3, -0.25) is 4.90 Å². The largest absolute Gasteiger partial charge is 0.313 e. The van der Waals surface area contributed by atoms with Gasteiger partial charge in [0.2, 0.25) is 0 Å². The zero-order valence-corrected chi connectivity index (χ0v) is 13.9. The third kappa shape index (κ3) is 6.27. The second-order valence-electron chi connectivity index (χ2n) is 7.06. The van der Waals surface area contributed by atoms with E-state index in [0.29, 0.717) is 0 Å². The van der Waals surface area contributed by atoms with Crippen molar-refractivity contribution in [1.82, 2.24) is 10.2 Å². The molecule has 2 unspecified atom stereocenters. The smallest absolute Gasteiger partial charge is 0.0249 e. The predicted octanol–water partition coefficient (Wildman–Crippen LogP) is 3.91. The second kappa shape index (κ2) is 8.97. The van der Waals surface area contributed by atoms with Gasteiger partial charge in [0.1, 0.15) is 0 Å². The minimum atomic E-state index is 0.740. The fourth-order valence-electron chi connectivity index (χ4n) is 3.17. The monoisotopic (exact) mass is 268 g/mol. The van der Waals surface area contributed by atoms with Crippen molar-refractivity contribution in [2.24, 2.45) is 11.8 Å². The minimum absolute atomic E-state index is 0.740. The molecular weight excluding hydrogens is 232 g/mol. The third-order valence-electron chi connectivity index (χ3n) is 4.40. The molecule has 1 aliphatic carbocycles. The number of rotatable bonds is 9. The van der Waals surface area contributed by atoms with Crippen LogP contribution in [0.3, 0.4) is 0 Å². The molecule has 0 aromatic heterocycles. The molecule has 2 atom stereocenters. The molecule has 1 N–H and O–H groups in total. The first-order valence-electron chi connectivity index (χ1n) is 8.52. The quantitative estimate of drug-likeness (QED) is 0.682. The Hall–Kier alpha value is -0.0800. The zero-order chi connectivity index (χ0) is 14.3. The Morgan fingerprint density at radius 2 is 1.58 bits per heavy atom. The van der Waals surface area contributed by atoms with Gasteiger partial charge in [-0.1, -0.05) is 41.0 Å². The first-order valence-corrected chi connectivity index (χ1v) is 8.52. The molecular formula is C17H36N2. The molecule has 0 aliphatic heterocycles. The molecule has 1 saturated carbocycles. The number of nitrogens with one attached hydrogen (secondary N) is 1. The van der Waals surface area contributed by atoms with E-state index in [1.54, 1.807) is 0 Å². The summed E-state index contributed by atoms with van der Waals surface area (Å²) >= 11 is 0. The van der Waals surface area contributed by atoms with Crippen LogP contribution in [0.1, 0.15) is 66.7 Å². The fraction of sp³-hybridized carbons (Fsp3) is 1.00. The maximum atomic E-state index is 3.71. The van der Waals surface area contributed by atoms with Gasteiger partial charge >= 0.3 is 0 Å². The summed E-state index contributed by atoms with van der Waals surface area (Å²) in [5.41, 5.74) is 0. The van der Waals surface area contributed by atoms with Crippen molar-refractivity contribution in [3.05, 3.63) is 0 Å². The van der Waals surface area contributed by atoms with Gasteiger partial charge in [0.15, 0.2) is 0 Å². The van der Waals surface area contributed by atoms with Crippen molar-refractivity contribution in [3.63, 3.8) is 0 Å². The Morgan fingerprint density at radius 3 is 2.05 bits per heavy atom. The summed E-state index contributed by atoms with van der Waals surface area (Å²) in [5, 5.41) is 3.71. The molecule has 0 saturated heterocycles. The summed E-state index contributed by atoms with van der Waals surface area (Å²) in [6, 6.07) is 1.53. The van der Waals surface area contributed by atoms with Gasteiger partial charge in [-0.05, 0) is 57.2 Å². The molecule has 0 amide bonds. The number of nitrogens with zero attached hydrogens (tertiary/aromatic N) is 1. The first kappa shape index (κ1) is 17.0. The lowest BCUT2D eigenvalue weighted by Gasteiger charge is -2.34. The Balaban J connectivity index is 2.54. The summed E-state index contributed by atoms with van der Waals surface area (Å²) in [4.78, 5) is 2.79. The molecule has 114 valence electrons. The van der Waals surface area contributed by atoms with Crippen LogP contribution in [0.5, 0.6) is 0 Å². The fourth-order valence-corrected chi connectivity index (χ4v) is 3.17. The Kier molecular flexibility index (Phi) is 8.01. The third-order valence-corrected chi connectivity index (χ3v) is 4.40. The van der Waals surface area contributed by atoms with Gasteiger partial charge in [0.05, 0.1) is 0 Å². The number of hydrogen-bond donors (Lipinski definition) is 1. The second-order valence-corrected chi connectivity index (χ2v) is 7.06. The van der Waals surface area contributed by atoms with Gasteiger partial charge in [-0.2, -0.15) is 0 Å². The molecule has 0 spiro atoms. The van der Waals surface area contributed by atoms with E-state index in [9.17, 15) is 0 Å². The normalized spacial score (nSPS) is 24.0. The van der Waals surface area contributed by atoms with Crippen LogP contribution in [-0.4, -0.2) is 36.6 Å². The van der Waals surface area contributed by atoms with Crippen LogP contribution in [0.2, 0.25) is 0 Å². The maximum absolute atomic E-state index is 3.71. The van der Waals surface area contributed by atoms with Gasteiger partial charge in [-0.15, -0.1) is 0 Å². The number of likely N-dealkylation sites (N-methyl/N-ethyl adjacent to an activating group) is 1. The first-order chi connectivity index (χ1) is 9.04. The molecule has 1 rings (SSSR count). The molecule has 19 heavy (non-hydrogen) atoms. The van der Waals surface area contributed by atoms with E-state index in [4.69, 9.17) is 0 Å². The van der Waals surface area contributed by atoms with Gasteiger partial charge in [-0.25, -0.2) is 0 Å². The van der Waals surface area contributed by atoms with E-state index in [1.807, 2.05) is 0 Å². The van der Waals surface area contributed by atoms with E-state index < -0.39 is 0 Å². The average molecular weight is 268 g/mol. The molecule has 0 radical (unpaired) electrons. The molecule has 0 bridgehead atoms. The van der Waals surface area contributed by atoms with E-state index in [2.05, 4.69) is 44.8 Å². The molecule has 1 fully saturated rings. The Labute approximate surface area is 121 Å². The Bertz CT molecular complexity index is 213. The van der Waals surface area contributed by atoms with E-state index in [0.717, 1.165) is 30.5 Å². The van der Waals surface area contributed by atoms with E-state index in [1.165, 1.54) is 45.2 Å². The predicted molar refractivity (Wildman–Crippen MR) is 85.6 cm³/mol. The van der Waals surface area contributed by atoms with Crippen LogP contribution < -0.4 is 5.32 Å². The SMILES string of the molecule is CCNC1CCCC1N(CCC(C)C)CCC(C)C. The van der Waals surface area contributed by atoms with Gasteiger partial charge in [0, 0.05) is 12.1 Å². The van der Waals surface area contributed by atoms with Gasteiger partial charge < -0.3 is 5.32 Å². The van der Waals surface area contributed by atoms with Crippen LogP contribution in [0.4, 0.5) is 0 Å². The van der Waals surface area contributed by atoms with Crippen molar-refractivity contribution in [3.8, 4) is 0 Å². The average Bonchev–Trinajstić information content (AvgIpc) is 2.77. The van der Waals surface area contributed by atoms with Crippen molar-refractivity contribution < 1.29 is 0 Å². The standard InChI is InChI=1S/C17H36N2/c1-6-18-16-8-7-9-17(16)19(12-10-14(2)3)13-11-15(4)5/h14-18H,6-13H2,1-5H3. The molecule has 0 aromatic rings. The lowest BCUT2D eigenvalue weighted by Crippen LogP contribution is -2.48. The maximum Gasteiger partial charge on any atom is 0.0249 e. The van der Waals surface area contributed by atoms with E-state index in [-0.39, 0.29) is 0 Å². The lowest BCUT2D eigenvalue weighted by atomic mass is 10.0. The van der Waals surface area contributed by atoms with Crippen molar-refractivity contribution in [1.29, 1.82) is 0 Å². The van der Waals surface area contributed by atoms with E-state index >= 15 is 0 Å². The summed E-state index contributed by atoms with van der Waals surface area (Å²) in [6.45, 7) is 15.3. The molecule has 0 aromatic carbocycles. The highest BCUT2D eigenvalue weighted by atomic mass is 15.2. The lowest BCUT2D eigenvalue weighted by molar-refractivity contribution is 0.156. The summed E-state index contributed by atoms with van der Waals surface area (Å²) in [5.74, 6) is 1.64. The highest BCUT2D eigenvalue weighted by Crippen LogP contribution is 2.25. The van der Waals surface area contributed by atoms with Crippen LogP contribution >= 0.6 is 0 Å². The van der Waals surface area contributed by atoms with Crippen molar-refractivity contribution in [2.45, 2.75) is 78.8 Å². The van der Waals surface area contributed by atoms with Crippen molar-refractivity contribution >= 4 is 0 Å². The highest BCUT2D eigenvalue weighted by molar-refractivity contribution is 4.90. The van der Waals surface area contributed by atoms with Crippen LogP contribution in [0.25, 0.3) is 0 Å². The van der Waals surface area contributed by atoms with Gasteiger partial charge in [0.25, 0.3) is 0 Å². The van der Waals surface area contributed by atoms with Crippen LogP contribution in [-0.2, 0) is 0 Å². The Morgan fingerprint density at radius 1 is 1.00 bits per heavy atom. The summed E-state index contributed by atoms with van der Waals surface area (Å²) in [6.07, 6.45) is 6.86.